The van der Waals surface area contributed by atoms with E-state index in [1.54, 1.807) is 24.3 Å². The Kier molecular flexibility index (Phi) is 5.84. The number of esters is 1. The molecule has 0 heterocycles. The lowest BCUT2D eigenvalue weighted by Gasteiger charge is -2.28. The number of para-hydroxylation sites is 1. The van der Waals surface area contributed by atoms with Gasteiger partial charge in [-0.3, -0.25) is 4.79 Å². The second-order valence-corrected chi connectivity index (χ2v) is 8.21. The minimum absolute atomic E-state index is 0.124. The van der Waals surface area contributed by atoms with E-state index < -0.39 is 5.97 Å². The zero-order chi connectivity index (χ0) is 20.2. The quantitative estimate of drug-likeness (QED) is 0.700. The van der Waals surface area contributed by atoms with Crippen LogP contribution in [-0.2, 0) is 9.53 Å². The van der Waals surface area contributed by atoms with Crippen molar-refractivity contribution in [3.05, 3.63) is 60.2 Å². The van der Waals surface area contributed by atoms with Crippen molar-refractivity contribution in [1.29, 1.82) is 0 Å². The molecule has 2 aromatic carbocycles. The summed E-state index contributed by atoms with van der Waals surface area (Å²) < 4.78 is 11.0. The van der Waals surface area contributed by atoms with Gasteiger partial charge in [-0.2, -0.15) is 0 Å². The first kappa shape index (κ1) is 19.5. The van der Waals surface area contributed by atoms with Crippen molar-refractivity contribution in [2.24, 2.45) is 17.8 Å². The molecule has 0 aliphatic heterocycles. The Labute approximate surface area is 171 Å². The van der Waals surface area contributed by atoms with Crippen LogP contribution in [0.2, 0.25) is 0 Å². The lowest BCUT2D eigenvalue weighted by Crippen LogP contribution is -2.42. The topological polar surface area (TPSA) is 64.6 Å². The third kappa shape index (κ3) is 4.78. The number of amides is 1. The number of rotatable bonds is 7. The van der Waals surface area contributed by atoms with Gasteiger partial charge in [0.15, 0.2) is 6.61 Å². The maximum Gasteiger partial charge on any atom is 0.338 e. The normalized spacial score (nSPS) is 23.4. The Balaban J connectivity index is 1.27. The van der Waals surface area contributed by atoms with E-state index in [-0.39, 0.29) is 18.6 Å². The molecular weight excluding hydrogens is 366 g/mol. The van der Waals surface area contributed by atoms with Crippen molar-refractivity contribution in [2.75, 3.05) is 6.61 Å². The van der Waals surface area contributed by atoms with Gasteiger partial charge in [0.25, 0.3) is 5.91 Å². The predicted molar refractivity (Wildman–Crippen MR) is 110 cm³/mol. The molecule has 0 aromatic heterocycles. The van der Waals surface area contributed by atoms with Gasteiger partial charge in [-0.05, 0) is 74.3 Å². The van der Waals surface area contributed by atoms with E-state index in [9.17, 15) is 9.59 Å². The Morgan fingerprint density at radius 2 is 1.83 bits per heavy atom. The highest BCUT2D eigenvalue weighted by Gasteiger charge is 2.42. The predicted octanol–water partition coefficient (Wildman–Crippen LogP) is 4.58. The van der Waals surface area contributed by atoms with Crippen molar-refractivity contribution in [3.8, 4) is 11.5 Å². The first-order chi connectivity index (χ1) is 14.1. The number of benzene rings is 2. The summed E-state index contributed by atoms with van der Waals surface area (Å²) in [7, 11) is 0. The zero-order valence-corrected chi connectivity index (χ0v) is 16.7. The second-order valence-electron chi connectivity index (χ2n) is 8.21. The molecular formula is C24H27NO4. The summed E-state index contributed by atoms with van der Waals surface area (Å²) in [6.07, 6.45) is 5.14. The third-order valence-corrected chi connectivity index (χ3v) is 6.21. The summed E-state index contributed by atoms with van der Waals surface area (Å²) in [5, 5.41) is 3.02. The molecule has 0 spiro atoms. The van der Waals surface area contributed by atoms with E-state index >= 15 is 0 Å². The van der Waals surface area contributed by atoms with Crippen LogP contribution in [0.25, 0.3) is 0 Å². The highest BCUT2D eigenvalue weighted by atomic mass is 16.5. The van der Waals surface area contributed by atoms with Gasteiger partial charge in [-0.25, -0.2) is 4.79 Å². The number of nitrogens with one attached hydrogen (secondary N) is 1. The van der Waals surface area contributed by atoms with Crippen molar-refractivity contribution >= 4 is 11.9 Å². The lowest BCUT2D eigenvalue weighted by atomic mass is 9.84. The molecule has 5 heteroatoms. The summed E-state index contributed by atoms with van der Waals surface area (Å²) in [4.78, 5) is 24.6. The molecule has 0 unspecified atom stereocenters. The molecule has 5 nitrogen and oxygen atoms in total. The minimum Gasteiger partial charge on any atom is -0.457 e. The number of hydrogen-bond acceptors (Lipinski definition) is 4. The summed E-state index contributed by atoms with van der Waals surface area (Å²) in [6, 6.07) is 16.2. The molecule has 0 saturated heterocycles. The van der Waals surface area contributed by atoms with Gasteiger partial charge in [-0.15, -0.1) is 0 Å². The molecule has 1 N–H and O–H groups in total. The molecule has 2 aliphatic carbocycles. The van der Waals surface area contributed by atoms with Crippen LogP contribution < -0.4 is 10.1 Å². The number of fused-ring (bicyclic) bond motifs is 2. The van der Waals surface area contributed by atoms with E-state index in [0.29, 0.717) is 23.0 Å². The Morgan fingerprint density at radius 1 is 1.03 bits per heavy atom. The molecule has 2 aliphatic rings. The molecule has 152 valence electrons. The highest BCUT2D eigenvalue weighted by molar-refractivity contribution is 5.91. The fourth-order valence-electron chi connectivity index (χ4n) is 4.83. The SMILES string of the molecule is C[C@H](NC(=O)COC(=O)c1cccc(Oc2ccccc2)c1)[C@H]1C[C@H]2CC[C@H]1C2. The molecule has 2 bridgehead atoms. The van der Waals surface area contributed by atoms with Crippen LogP contribution in [0, 0.1) is 17.8 Å². The molecule has 4 atom stereocenters. The van der Waals surface area contributed by atoms with Crippen LogP contribution in [0.4, 0.5) is 0 Å². The average molecular weight is 393 g/mol. The third-order valence-electron chi connectivity index (χ3n) is 6.21. The van der Waals surface area contributed by atoms with Gasteiger partial charge in [0.1, 0.15) is 11.5 Å². The molecule has 2 fully saturated rings. The summed E-state index contributed by atoms with van der Waals surface area (Å²) in [5.41, 5.74) is 0.354. The van der Waals surface area contributed by atoms with E-state index in [0.717, 1.165) is 11.8 Å². The number of carbonyl (C=O) groups excluding carboxylic acids is 2. The Morgan fingerprint density at radius 3 is 2.55 bits per heavy atom. The first-order valence-electron chi connectivity index (χ1n) is 10.4. The summed E-state index contributed by atoms with van der Waals surface area (Å²) in [5.74, 6) is 2.58. The first-order valence-corrected chi connectivity index (χ1v) is 10.4. The highest BCUT2D eigenvalue weighted by Crippen LogP contribution is 2.49. The van der Waals surface area contributed by atoms with Crippen molar-refractivity contribution in [3.63, 3.8) is 0 Å². The van der Waals surface area contributed by atoms with Crippen molar-refractivity contribution in [1.82, 2.24) is 5.32 Å². The van der Waals surface area contributed by atoms with Crippen LogP contribution in [0.5, 0.6) is 11.5 Å². The van der Waals surface area contributed by atoms with Gasteiger partial charge in [0.2, 0.25) is 0 Å². The molecule has 29 heavy (non-hydrogen) atoms. The Bertz CT molecular complexity index is 866. The molecule has 2 saturated carbocycles. The van der Waals surface area contributed by atoms with Gasteiger partial charge in [-0.1, -0.05) is 30.7 Å². The fourth-order valence-corrected chi connectivity index (χ4v) is 4.83. The van der Waals surface area contributed by atoms with Gasteiger partial charge in [0.05, 0.1) is 5.56 Å². The van der Waals surface area contributed by atoms with Crippen LogP contribution in [0.1, 0.15) is 43.0 Å². The second kappa shape index (κ2) is 8.68. The van der Waals surface area contributed by atoms with Gasteiger partial charge >= 0.3 is 5.97 Å². The maximum atomic E-state index is 12.3. The van der Waals surface area contributed by atoms with E-state index in [4.69, 9.17) is 9.47 Å². The Hall–Kier alpha value is -2.82. The summed E-state index contributed by atoms with van der Waals surface area (Å²) >= 11 is 0. The standard InChI is InChI=1S/C24H27NO4/c1-16(22-13-17-10-11-18(22)12-17)25-23(26)15-28-24(27)19-6-5-9-21(14-19)29-20-7-3-2-4-8-20/h2-9,14,16-18,22H,10-13,15H2,1H3,(H,25,26)/t16-,17-,18-,22+/m0/s1. The van der Waals surface area contributed by atoms with Crippen LogP contribution in [0.3, 0.4) is 0 Å². The van der Waals surface area contributed by atoms with E-state index in [2.05, 4.69) is 12.2 Å². The largest absolute Gasteiger partial charge is 0.457 e. The summed E-state index contributed by atoms with van der Waals surface area (Å²) in [6.45, 7) is 1.79. The molecule has 2 aromatic rings. The number of hydrogen-bond donors (Lipinski definition) is 1. The van der Waals surface area contributed by atoms with E-state index in [1.807, 2.05) is 30.3 Å². The van der Waals surface area contributed by atoms with E-state index in [1.165, 1.54) is 25.7 Å². The lowest BCUT2D eigenvalue weighted by molar-refractivity contribution is -0.125. The van der Waals surface area contributed by atoms with Crippen LogP contribution in [-0.4, -0.2) is 24.5 Å². The molecule has 0 radical (unpaired) electrons. The zero-order valence-electron chi connectivity index (χ0n) is 16.7. The van der Waals surface area contributed by atoms with Crippen molar-refractivity contribution in [2.45, 2.75) is 38.6 Å². The monoisotopic (exact) mass is 393 g/mol. The smallest absolute Gasteiger partial charge is 0.338 e. The van der Waals surface area contributed by atoms with Gasteiger partial charge < -0.3 is 14.8 Å². The fraction of sp³-hybridized carbons (Fsp3) is 0.417. The van der Waals surface area contributed by atoms with Crippen molar-refractivity contribution < 1.29 is 19.1 Å². The van der Waals surface area contributed by atoms with Gasteiger partial charge in [0, 0.05) is 6.04 Å². The average Bonchev–Trinajstić information content (AvgIpc) is 3.37. The number of carbonyl (C=O) groups is 2. The van der Waals surface area contributed by atoms with Crippen LogP contribution >= 0.6 is 0 Å². The minimum atomic E-state index is -0.536. The molecule has 1 amide bonds. The molecule has 4 rings (SSSR count). The van der Waals surface area contributed by atoms with Crippen LogP contribution in [0.15, 0.2) is 54.6 Å². The maximum absolute atomic E-state index is 12.3. The number of ether oxygens (including phenoxy) is 2.